The Morgan fingerprint density at radius 1 is 1.33 bits per heavy atom. The van der Waals surface area contributed by atoms with E-state index in [4.69, 9.17) is 11.2 Å². The summed E-state index contributed by atoms with van der Waals surface area (Å²) in [4.78, 5) is 26.5. The minimum Gasteiger partial charge on any atom is -0.449 e. The van der Waals surface area contributed by atoms with E-state index in [-0.39, 0.29) is 5.91 Å². The van der Waals surface area contributed by atoms with Gasteiger partial charge in [0.2, 0.25) is 5.91 Å². The molecular weight excluding hydrogens is 344 g/mol. The third-order valence-electron chi connectivity index (χ3n) is 4.83. The molecule has 142 valence electrons. The Hall–Kier alpha value is -2.88. The maximum Gasteiger partial charge on any atom is 0.410 e. The summed E-state index contributed by atoms with van der Waals surface area (Å²) in [5.74, 6) is 2.40. The van der Waals surface area contributed by atoms with Crippen molar-refractivity contribution in [1.82, 2.24) is 10.2 Å². The Morgan fingerprint density at radius 3 is 2.78 bits per heavy atom. The normalized spacial score (nSPS) is 18.3. The predicted octanol–water partition coefficient (Wildman–Crippen LogP) is 2.52. The first-order valence-electron chi connectivity index (χ1n) is 9.26. The van der Waals surface area contributed by atoms with Crippen molar-refractivity contribution < 1.29 is 14.3 Å². The molecule has 3 rings (SSSR count). The lowest BCUT2D eigenvalue weighted by molar-refractivity contribution is -0.126. The summed E-state index contributed by atoms with van der Waals surface area (Å²) in [7, 11) is 0. The molecule has 1 fully saturated rings. The summed E-state index contributed by atoms with van der Waals surface area (Å²) < 4.78 is 5.13. The molecule has 1 atom stereocenters. The molecule has 1 saturated heterocycles. The van der Waals surface area contributed by atoms with E-state index in [1.807, 2.05) is 30.3 Å². The van der Waals surface area contributed by atoms with Crippen molar-refractivity contribution in [2.24, 2.45) is 10.2 Å². The summed E-state index contributed by atoms with van der Waals surface area (Å²) in [6, 6.07) is 9.06. The molecule has 0 radical (unpaired) electrons. The van der Waals surface area contributed by atoms with Gasteiger partial charge in [0.05, 0.1) is 6.61 Å². The van der Waals surface area contributed by atoms with Crippen LogP contribution in [0.2, 0.25) is 0 Å². The molecule has 1 unspecified atom stereocenters. The number of hydrogen-bond donors (Lipinski definition) is 1. The zero-order valence-electron chi connectivity index (χ0n) is 15.3. The number of carbonyl (C=O) groups is 2. The van der Waals surface area contributed by atoms with Crippen molar-refractivity contribution in [3.05, 3.63) is 35.9 Å². The molecule has 0 spiro atoms. The molecule has 2 amide bonds. The van der Waals surface area contributed by atoms with E-state index < -0.39 is 17.8 Å². The average molecular weight is 368 g/mol. The van der Waals surface area contributed by atoms with Gasteiger partial charge in [0.25, 0.3) is 0 Å². The average Bonchev–Trinajstić information content (AvgIpc) is 3.46. The van der Waals surface area contributed by atoms with Crippen LogP contribution in [0.4, 0.5) is 4.79 Å². The highest BCUT2D eigenvalue weighted by atomic mass is 16.6. The maximum absolute atomic E-state index is 12.9. The number of cyclic esters (lactones) is 1. The fourth-order valence-corrected chi connectivity index (χ4v) is 3.21. The molecule has 0 aromatic heterocycles. The molecule has 1 N–H and O–H groups in total. The Kier molecular flexibility index (Phi) is 6.07. The molecule has 0 bridgehead atoms. The molecule has 0 aliphatic carbocycles. The first-order chi connectivity index (χ1) is 13.1. The van der Waals surface area contributed by atoms with Gasteiger partial charge in [0.1, 0.15) is 6.04 Å². The zero-order valence-corrected chi connectivity index (χ0v) is 15.3. The number of carbonyl (C=O) groups excluding carboxylic acids is 2. The van der Waals surface area contributed by atoms with Crippen LogP contribution >= 0.6 is 0 Å². The van der Waals surface area contributed by atoms with Crippen LogP contribution in [0.1, 0.15) is 31.2 Å². The van der Waals surface area contributed by atoms with Crippen LogP contribution in [0.5, 0.6) is 0 Å². The molecule has 0 saturated carbocycles. The second kappa shape index (κ2) is 8.67. The monoisotopic (exact) mass is 368 g/mol. The summed E-state index contributed by atoms with van der Waals surface area (Å²) in [5, 5.41) is 11.1. The maximum atomic E-state index is 12.9. The number of rotatable bonds is 9. The van der Waals surface area contributed by atoms with Gasteiger partial charge < -0.3 is 10.1 Å². The second-order valence-corrected chi connectivity index (χ2v) is 6.79. The molecule has 1 aromatic carbocycles. The number of hydrogen-bond acceptors (Lipinski definition) is 5. The Labute approximate surface area is 159 Å². The van der Waals surface area contributed by atoms with Crippen LogP contribution in [0.15, 0.2) is 40.6 Å². The van der Waals surface area contributed by atoms with Gasteiger partial charge in [-0.05, 0) is 12.0 Å². The Morgan fingerprint density at radius 2 is 2.11 bits per heavy atom. The topological polar surface area (TPSA) is 83.4 Å². The lowest BCUT2D eigenvalue weighted by Gasteiger charge is -2.33. The lowest BCUT2D eigenvalue weighted by atomic mass is 10.0. The SMILES string of the molecule is C#CCCC1(CCNC(=O)C(Cc2ccccc2)N2CCCOC2=O)N=N1. The highest BCUT2D eigenvalue weighted by Gasteiger charge is 2.39. The molecule has 1 aromatic rings. The van der Waals surface area contributed by atoms with E-state index >= 15 is 0 Å². The van der Waals surface area contributed by atoms with Gasteiger partial charge in [-0.1, -0.05) is 30.3 Å². The number of amides is 2. The van der Waals surface area contributed by atoms with E-state index in [0.29, 0.717) is 45.4 Å². The largest absolute Gasteiger partial charge is 0.449 e. The zero-order chi connectivity index (χ0) is 19.1. The van der Waals surface area contributed by atoms with Crippen molar-refractivity contribution in [2.45, 2.75) is 43.8 Å². The fourth-order valence-electron chi connectivity index (χ4n) is 3.21. The van der Waals surface area contributed by atoms with Crippen LogP contribution < -0.4 is 5.32 Å². The minimum absolute atomic E-state index is 0.189. The van der Waals surface area contributed by atoms with Gasteiger partial charge in [-0.3, -0.25) is 9.69 Å². The smallest absolute Gasteiger partial charge is 0.410 e. The number of benzene rings is 1. The van der Waals surface area contributed by atoms with Crippen LogP contribution in [-0.4, -0.2) is 48.3 Å². The number of ether oxygens (including phenoxy) is 1. The van der Waals surface area contributed by atoms with Gasteiger partial charge in [0.15, 0.2) is 5.66 Å². The Balaban J connectivity index is 1.60. The number of nitrogens with one attached hydrogen (secondary N) is 1. The van der Waals surface area contributed by atoms with Gasteiger partial charge in [0, 0.05) is 38.8 Å². The van der Waals surface area contributed by atoms with Crippen LogP contribution in [0, 0.1) is 12.3 Å². The summed E-state index contributed by atoms with van der Waals surface area (Å²) >= 11 is 0. The van der Waals surface area contributed by atoms with E-state index in [9.17, 15) is 9.59 Å². The van der Waals surface area contributed by atoms with E-state index in [0.717, 1.165) is 12.0 Å². The van der Waals surface area contributed by atoms with Gasteiger partial charge in [-0.15, -0.1) is 12.3 Å². The van der Waals surface area contributed by atoms with Gasteiger partial charge in [-0.25, -0.2) is 4.79 Å². The van der Waals surface area contributed by atoms with Crippen LogP contribution in [0.25, 0.3) is 0 Å². The highest BCUT2D eigenvalue weighted by Crippen LogP contribution is 2.36. The first kappa shape index (κ1) is 18.9. The fraction of sp³-hybridized carbons (Fsp3) is 0.500. The third kappa shape index (κ3) is 5.07. The minimum atomic E-state index is -0.602. The number of terminal acetylenes is 1. The molecule has 2 aliphatic rings. The summed E-state index contributed by atoms with van der Waals surface area (Å²) in [6.45, 7) is 1.35. The lowest BCUT2D eigenvalue weighted by Crippen LogP contribution is -2.53. The third-order valence-corrected chi connectivity index (χ3v) is 4.83. The molecule has 27 heavy (non-hydrogen) atoms. The van der Waals surface area contributed by atoms with E-state index in [2.05, 4.69) is 21.5 Å². The predicted molar refractivity (Wildman–Crippen MR) is 99.9 cm³/mol. The number of nitrogens with zero attached hydrogens (tertiary/aromatic N) is 3. The van der Waals surface area contributed by atoms with E-state index in [1.165, 1.54) is 4.90 Å². The molecule has 7 nitrogen and oxygen atoms in total. The first-order valence-corrected chi connectivity index (χ1v) is 9.26. The molecule has 2 aliphatic heterocycles. The quantitative estimate of drug-likeness (QED) is 0.680. The molecule has 7 heteroatoms. The Bertz CT molecular complexity index is 735. The van der Waals surface area contributed by atoms with E-state index in [1.54, 1.807) is 0 Å². The van der Waals surface area contributed by atoms with Crippen molar-refractivity contribution >= 4 is 12.0 Å². The highest BCUT2D eigenvalue weighted by molar-refractivity contribution is 5.86. The molecule has 2 heterocycles. The van der Waals surface area contributed by atoms with Crippen LogP contribution in [0.3, 0.4) is 0 Å². The van der Waals surface area contributed by atoms with Crippen molar-refractivity contribution in [2.75, 3.05) is 19.7 Å². The van der Waals surface area contributed by atoms with Crippen LogP contribution in [-0.2, 0) is 16.0 Å². The standard InChI is InChI=1S/C20H24N4O3/c1-2-3-10-20(22-23-20)11-12-21-18(25)17(15-16-8-5-4-6-9-16)24-13-7-14-27-19(24)26/h1,4-6,8-9,17H,3,7,10-15H2,(H,21,25). The van der Waals surface area contributed by atoms with Gasteiger partial charge in [-0.2, -0.15) is 10.2 Å². The van der Waals surface area contributed by atoms with Crippen molar-refractivity contribution in [3.8, 4) is 12.3 Å². The second-order valence-electron chi connectivity index (χ2n) is 6.79. The summed E-state index contributed by atoms with van der Waals surface area (Å²) in [5.41, 5.74) is 0.562. The van der Waals surface area contributed by atoms with Crippen molar-refractivity contribution in [3.63, 3.8) is 0 Å². The summed E-state index contributed by atoms with van der Waals surface area (Å²) in [6.07, 6.45) is 7.95. The molecular formula is C20H24N4O3. The van der Waals surface area contributed by atoms with Crippen molar-refractivity contribution in [1.29, 1.82) is 0 Å². The van der Waals surface area contributed by atoms with Gasteiger partial charge >= 0.3 is 6.09 Å².